The van der Waals surface area contributed by atoms with Crippen LogP contribution < -0.4 is 0 Å². The van der Waals surface area contributed by atoms with Gasteiger partial charge in [-0.1, -0.05) is 103 Å². The molecule has 0 saturated carbocycles. The monoisotopic (exact) mass is 578 g/mol. The van der Waals surface area contributed by atoms with Gasteiger partial charge >= 0.3 is 14.2 Å². The Hall–Kier alpha value is -2.15. The van der Waals surface area contributed by atoms with Crippen LogP contribution in [0.4, 0.5) is 0 Å². The minimum atomic E-state index is -3.03. The van der Waals surface area contributed by atoms with Gasteiger partial charge in [0.25, 0.3) is 11.8 Å². The van der Waals surface area contributed by atoms with E-state index in [1.54, 1.807) is 24.3 Å². The summed E-state index contributed by atoms with van der Waals surface area (Å²) in [5.41, 5.74) is 0.708. The maximum atomic E-state index is 12.9. The minimum absolute atomic E-state index is 0.159. The van der Waals surface area contributed by atoms with Gasteiger partial charge in [-0.25, -0.2) is 4.79 Å². The number of carbonyl (C=O) groups is 3. The van der Waals surface area contributed by atoms with Crippen molar-refractivity contribution in [1.82, 2.24) is 4.90 Å². The molecule has 1 aromatic rings. The number of amides is 2. The zero-order chi connectivity index (χ0) is 29.0. The minimum Gasteiger partial charge on any atom is -0.381 e. The predicted octanol–water partition coefficient (Wildman–Crippen LogP) is 7.90. The number of benzene rings is 1. The van der Waals surface area contributed by atoms with Gasteiger partial charge < -0.3 is 4.74 Å². The lowest BCUT2D eigenvalue weighted by atomic mass is 10.0. The number of nitrogens with zero attached hydrogens (tertiary/aromatic N) is 1. The van der Waals surface area contributed by atoms with Crippen molar-refractivity contribution >= 4 is 26.0 Å². The first-order valence-corrected chi connectivity index (χ1v) is 16.5. The molecule has 0 saturated heterocycles. The number of ether oxygens (including phenoxy) is 1. The van der Waals surface area contributed by atoms with Gasteiger partial charge in [0.1, 0.15) is 0 Å². The van der Waals surface area contributed by atoms with Crippen LogP contribution in [0.1, 0.15) is 143 Å². The molecule has 0 bridgehead atoms. The summed E-state index contributed by atoms with van der Waals surface area (Å²) in [5, 5.41) is 0. The number of imide groups is 1. The van der Waals surface area contributed by atoms with Crippen molar-refractivity contribution in [2.24, 2.45) is 0 Å². The first-order chi connectivity index (χ1) is 19.5. The van der Waals surface area contributed by atoms with Gasteiger partial charge in [-0.15, -0.1) is 4.89 Å². The maximum Gasteiger partial charge on any atom is 0.750 e. The Balaban J connectivity index is 1.58. The smallest absolute Gasteiger partial charge is 0.381 e. The van der Waals surface area contributed by atoms with Crippen molar-refractivity contribution in [3.8, 4) is 0 Å². The van der Waals surface area contributed by atoms with Crippen LogP contribution in [-0.2, 0) is 18.6 Å². The summed E-state index contributed by atoms with van der Waals surface area (Å²) in [5.74, 6) is -1.59. The fourth-order valence-electron chi connectivity index (χ4n) is 5.28. The number of hydrogen-bond acceptors (Lipinski definition) is 6. The van der Waals surface area contributed by atoms with Gasteiger partial charge in [-0.3, -0.25) is 14.5 Å². The molecule has 1 aromatic carbocycles. The summed E-state index contributed by atoms with van der Waals surface area (Å²) >= 11 is 0. The highest BCUT2D eigenvalue weighted by atomic mass is 31.1. The largest absolute Gasteiger partial charge is 0.750 e. The molecule has 1 aliphatic rings. The lowest BCUT2D eigenvalue weighted by Crippen LogP contribution is -2.40. The summed E-state index contributed by atoms with van der Waals surface area (Å²) in [6, 6.07) is 6.14. The highest BCUT2D eigenvalue weighted by Gasteiger charge is 2.39. The lowest BCUT2D eigenvalue weighted by molar-refractivity contribution is -0.134. The van der Waals surface area contributed by atoms with Crippen LogP contribution in [-0.4, -0.2) is 46.8 Å². The summed E-state index contributed by atoms with van der Waals surface area (Å²) in [4.78, 5) is 47.7. The molecule has 0 fully saturated rings. The third-order valence-electron chi connectivity index (χ3n) is 7.52. The summed E-state index contributed by atoms with van der Waals surface area (Å²) < 4.78 is 20.9. The lowest BCUT2D eigenvalue weighted by Gasteiger charge is -2.26. The zero-order valence-corrected chi connectivity index (χ0v) is 25.2. The molecule has 8 nitrogen and oxygen atoms in total. The molecule has 0 aliphatic carbocycles. The van der Waals surface area contributed by atoms with E-state index in [0.29, 0.717) is 37.2 Å². The zero-order valence-electron chi connectivity index (χ0n) is 24.3. The summed E-state index contributed by atoms with van der Waals surface area (Å²) in [6.07, 6.45) is 19.5. The molecule has 40 heavy (non-hydrogen) atoms. The second-order valence-electron chi connectivity index (χ2n) is 10.8. The van der Waals surface area contributed by atoms with E-state index in [-0.39, 0.29) is 24.7 Å². The molecule has 2 rings (SSSR count). The van der Waals surface area contributed by atoms with E-state index in [1.807, 2.05) is 0 Å². The molecule has 224 valence electrons. The molecule has 9 heteroatoms. The number of rotatable bonds is 24. The van der Waals surface area contributed by atoms with E-state index in [9.17, 15) is 18.9 Å². The SMILES string of the molecule is CCCCCCCCCCCCCCCCOCCCC(CCC(=O)O[P+](=O)O)N1C(=O)c2ccccc2C1=O. The first kappa shape index (κ1) is 34.1. The molecule has 0 aromatic heterocycles. The summed E-state index contributed by atoms with van der Waals surface area (Å²) in [6.45, 7) is 3.45. The predicted molar refractivity (Wildman–Crippen MR) is 156 cm³/mol. The van der Waals surface area contributed by atoms with Gasteiger partial charge in [-0.2, -0.15) is 4.52 Å². The molecule has 2 unspecified atom stereocenters. The van der Waals surface area contributed by atoms with Crippen molar-refractivity contribution in [1.29, 1.82) is 0 Å². The number of unbranched alkanes of at least 4 members (excludes halogenated alkanes) is 13. The van der Waals surface area contributed by atoms with E-state index < -0.39 is 20.3 Å². The van der Waals surface area contributed by atoms with Gasteiger partial charge in [-0.05, 0) is 37.8 Å². The van der Waals surface area contributed by atoms with E-state index in [2.05, 4.69) is 11.4 Å². The molecule has 1 heterocycles. The Labute approximate surface area is 241 Å². The van der Waals surface area contributed by atoms with Crippen molar-refractivity contribution < 1.29 is 33.1 Å². The standard InChI is InChI=1S/C31H48NO7P/c1-2-3-4-5-6-7-8-9-10-11-12-13-14-17-24-38-25-18-19-26(22-23-29(33)39-40(36)37)32-30(34)27-20-15-16-21-28(27)31(32)35/h15-16,20-21,26H,2-14,17-19,22-25H2,1H3/p+1. The fourth-order valence-corrected chi connectivity index (χ4v) is 5.55. The molecule has 0 spiro atoms. The maximum absolute atomic E-state index is 12.9. The van der Waals surface area contributed by atoms with Crippen LogP contribution in [0.5, 0.6) is 0 Å². The number of fused-ring (bicyclic) bond motifs is 1. The third-order valence-corrected chi connectivity index (χ3v) is 7.88. The van der Waals surface area contributed by atoms with Crippen LogP contribution in [0, 0.1) is 0 Å². The molecule has 2 amide bonds. The van der Waals surface area contributed by atoms with Crippen LogP contribution in [0.25, 0.3) is 0 Å². The van der Waals surface area contributed by atoms with Gasteiger partial charge in [0.05, 0.1) is 17.5 Å². The van der Waals surface area contributed by atoms with Crippen LogP contribution in [0.2, 0.25) is 0 Å². The van der Waals surface area contributed by atoms with Crippen LogP contribution >= 0.6 is 8.25 Å². The van der Waals surface area contributed by atoms with Gasteiger partial charge in [0, 0.05) is 23.8 Å². The second-order valence-corrected chi connectivity index (χ2v) is 11.4. The molecule has 0 radical (unpaired) electrons. The average Bonchev–Trinajstić information content (AvgIpc) is 3.19. The van der Waals surface area contributed by atoms with Gasteiger partial charge in [0.2, 0.25) is 0 Å². The second kappa shape index (κ2) is 20.7. The molecule has 2 atom stereocenters. The first-order valence-electron chi connectivity index (χ1n) is 15.4. The Kier molecular flexibility index (Phi) is 17.6. The molecule has 1 N–H and O–H groups in total. The van der Waals surface area contributed by atoms with E-state index in [4.69, 9.17) is 9.63 Å². The quantitative estimate of drug-likeness (QED) is 0.0754. The Bertz CT molecular complexity index is 888. The van der Waals surface area contributed by atoms with E-state index in [0.717, 1.165) is 12.8 Å². The third kappa shape index (κ3) is 13.0. The van der Waals surface area contributed by atoms with Gasteiger partial charge in [0.15, 0.2) is 0 Å². The Morgan fingerprint density at radius 3 is 1.75 bits per heavy atom. The summed E-state index contributed by atoms with van der Waals surface area (Å²) in [7, 11) is -3.03. The molecular weight excluding hydrogens is 529 g/mol. The van der Waals surface area contributed by atoms with Crippen LogP contribution in [0.15, 0.2) is 24.3 Å². The van der Waals surface area contributed by atoms with Crippen molar-refractivity contribution in [2.75, 3.05) is 13.2 Å². The number of carbonyl (C=O) groups excluding carboxylic acids is 3. The normalized spacial score (nSPS) is 13.9. The fraction of sp³-hybridized carbons (Fsp3) is 0.710. The average molecular weight is 579 g/mol. The molecular formula is C31H49NO7P+. The Morgan fingerprint density at radius 2 is 1.25 bits per heavy atom. The van der Waals surface area contributed by atoms with E-state index in [1.165, 1.54) is 81.9 Å². The highest BCUT2D eigenvalue weighted by molar-refractivity contribution is 7.32. The topological polar surface area (TPSA) is 110 Å². The van der Waals surface area contributed by atoms with E-state index >= 15 is 0 Å². The van der Waals surface area contributed by atoms with Crippen molar-refractivity contribution in [3.05, 3.63) is 35.4 Å². The number of hydrogen-bond donors (Lipinski definition) is 1. The Morgan fingerprint density at radius 1 is 0.775 bits per heavy atom. The van der Waals surface area contributed by atoms with Crippen LogP contribution in [0.3, 0.4) is 0 Å². The highest BCUT2D eigenvalue weighted by Crippen LogP contribution is 2.28. The van der Waals surface area contributed by atoms with Crippen molar-refractivity contribution in [3.63, 3.8) is 0 Å². The van der Waals surface area contributed by atoms with Crippen molar-refractivity contribution in [2.45, 2.75) is 129 Å². The molecule has 1 aliphatic heterocycles.